The van der Waals surface area contributed by atoms with Gasteiger partial charge in [0.1, 0.15) is 5.82 Å². The van der Waals surface area contributed by atoms with Gasteiger partial charge in [-0.3, -0.25) is 4.79 Å². The maximum absolute atomic E-state index is 13.0. The second-order valence-corrected chi connectivity index (χ2v) is 8.58. The van der Waals surface area contributed by atoms with Crippen molar-refractivity contribution in [3.8, 4) is 0 Å². The van der Waals surface area contributed by atoms with Crippen LogP contribution < -0.4 is 9.62 Å². The van der Waals surface area contributed by atoms with E-state index in [1.165, 1.54) is 12.1 Å². The fraction of sp³-hybridized carbons (Fsp3) is 0.136. The highest BCUT2D eigenvalue weighted by atomic mass is 32.2. The number of sulfonamides is 1. The van der Waals surface area contributed by atoms with Crippen molar-refractivity contribution in [1.29, 1.82) is 0 Å². The van der Waals surface area contributed by atoms with Crippen molar-refractivity contribution in [2.24, 2.45) is 0 Å². The van der Waals surface area contributed by atoms with Crippen molar-refractivity contribution in [1.82, 2.24) is 4.72 Å². The van der Waals surface area contributed by atoms with Gasteiger partial charge in [-0.25, -0.2) is 17.5 Å². The molecule has 1 amide bonds. The SMILES string of the molecule is O=C(c1ccccc1)N1CCc2cc(CNS(=O)(=O)c3ccc(F)cc3)ccc21. The molecule has 0 radical (unpaired) electrons. The number of halogens is 1. The Bertz CT molecular complexity index is 1150. The van der Waals surface area contributed by atoms with Gasteiger partial charge in [0.15, 0.2) is 0 Å². The van der Waals surface area contributed by atoms with Gasteiger partial charge < -0.3 is 4.90 Å². The van der Waals surface area contributed by atoms with Crippen LogP contribution in [0.5, 0.6) is 0 Å². The fourth-order valence-electron chi connectivity index (χ4n) is 3.39. The summed E-state index contributed by atoms with van der Waals surface area (Å²) in [5.41, 5.74) is 3.29. The largest absolute Gasteiger partial charge is 0.308 e. The van der Waals surface area contributed by atoms with E-state index in [2.05, 4.69) is 4.72 Å². The van der Waals surface area contributed by atoms with Crippen LogP contribution >= 0.6 is 0 Å². The van der Waals surface area contributed by atoms with Gasteiger partial charge in [-0.2, -0.15) is 0 Å². The predicted molar refractivity (Wildman–Crippen MR) is 109 cm³/mol. The van der Waals surface area contributed by atoms with Gasteiger partial charge in [0.2, 0.25) is 10.0 Å². The molecule has 29 heavy (non-hydrogen) atoms. The summed E-state index contributed by atoms with van der Waals surface area (Å²) < 4.78 is 40.3. The van der Waals surface area contributed by atoms with Crippen molar-refractivity contribution >= 4 is 21.6 Å². The topological polar surface area (TPSA) is 66.5 Å². The molecule has 1 aliphatic rings. The van der Waals surface area contributed by atoms with E-state index in [4.69, 9.17) is 0 Å². The molecule has 4 rings (SSSR count). The normalized spacial score (nSPS) is 13.3. The van der Waals surface area contributed by atoms with E-state index in [-0.39, 0.29) is 17.3 Å². The van der Waals surface area contributed by atoms with E-state index < -0.39 is 15.8 Å². The highest BCUT2D eigenvalue weighted by Gasteiger charge is 2.25. The summed E-state index contributed by atoms with van der Waals surface area (Å²) in [4.78, 5) is 14.5. The Kier molecular flexibility index (Phi) is 5.17. The van der Waals surface area contributed by atoms with Crippen LogP contribution in [-0.4, -0.2) is 20.9 Å². The number of amides is 1. The molecule has 0 unspecified atom stereocenters. The van der Waals surface area contributed by atoms with Crippen molar-refractivity contribution in [3.63, 3.8) is 0 Å². The first-order valence-corrected chi connectivity index (χ1v) is 10.7. The lowest BCUT2D eigenvalue weighted by Crippen LogP contribution is -2.28. The third-order valence-corrected chi connectivity index (χ3v) is 6.31. The first-order chi connectivity index (χ1) is 13.9. The Labute approximate surface area is 168 Å². The van der Waals surface area contributed by atoms with Crippen LogP contribution in [0.3, 0.4) is 0 Å². The van der Waals surface area contributed by atoms with Gasteiger partial charge in [0.05, 0.1) is 4.90 Å². The van der Waals surface area contributed by atoms with E-state index in [0.717, 1.165) is 28.9 Å². The lowest BCUT2D eigenvalue weighted by Gasteiger charge is -2.17. The smallest absolute Gasteiger partial charge is 0.258 e. The van der Waals surface area contributed by atoms with E-state index in [1.807, 2.05) is 36.4 Å². The monoisotopic (exact) mass is 410 g/mol. The van der Waals surface area contributed by atoms with E-state index in [9.17, 15) is 17.6 Å². The molecule has 1 aliphatic heterocycles. The molecule has 0 saturated heterocycles. The van der Waals surface area contributed by atoms with Gasteiger partial charge in [0, 0.05) is 24.3 Å². The highest BCUT2D eigenvalue weighted by molar-refractivity contribution is 7.89. The van der Waals surface area contributed by atoms with E-state index in [0.29, 0.717) is 18.5 Å². The Morgan fingerprint density at radius 1 is 1.00 bits per heavy atom. The van der Waals surface area contributed by atoms with Crippen LogP contribution in [0.25, 0.3) is 0 Å². The number of carbonyl (C=O) groups excluding carboxylic acids is 1. The Hall–Kier alpha value is -3.03. The van der Waals surface area contributed by atoms with Crippen molar-refractivity contribution < 1.29 is 17.6 Å². The average molecular weight is 410 g/mol. The maximum atomic E-state index is 13.0. The molecule has 0 saturated carbocycles. The fourth-order valence-corrected chi connectivity index (χ4v) is 4.41. The van der Waals surface area contributed by atoms with E-state index in [1.54, 1.807) is 17.0 Å². The molecule has 3 aromatic carbocycles. The third-order valence-electron chi connectivity index (χ3n) is 4.90. The molecule has 148 valence electrons. The average Bonchev–Trinajstić information content (AvgIpc) is 3.16. The minimum absolute atomic E-state index is 0.0136. The Morgan fingerprint density at radius 3 is 2.45 bits per heavy atom. The number of anilines is 1. The van der Waals surface area contributed by atoms with E-state index >= 15 is 0 Å². The zero-order chi connectivity index (χ0) is 20.4. The van der Waals surface area contributed by atoms with Crippen LogP contribution in [0, 0.1) is 5.82 Å². The number of nitrogens with zero attached hydrogens (tertiary/aromatic N) is 1. The zero-order valence-electron chi connectivity index (χ0n) is 15.5. The molecule has 0 aliphatic carbocycles. The minimum atomic E-state index is -3.73. The Balaban J connectivity index is 1.48. The molecule has 0 spiro atoms. The molecule has 0 fully saturated rings. The van der Waals surface area contributed by atoms with Crippen molar-refractivity contribution in [2.75, 3.05) is 11.4 Å². The molecule has 0 atom stereocenters. The number of carbonyl (C=O) groups is 1. The van der Waals surface area contributed by atoms with Crippen LogP contribution in [-0.2, 0) is 23.0 Å². The van der Waals surface area contributed by atoms with Gasteiger partial charge >= 0.3 is 0 Å². The number of benzene rings is 3. The van der Waals surface area contributed by atoms with Gasteiger partial charge in [-0.1, -0.05) is 30.3 Å². The second-order valence-electron chi connectivity index (χ2n) is 6.81. The molecule has 1 N–H and O–H groups in total. The summed E-state index contributed by atoms with van der Waals surface area (Å²) in [7, 11) is -3.73. The van der Waals surface area contributed by atoms with Crippen LogP contribution in [0.4, 0.5) is 10.1 Å². The predicted octanol–water partition coefficient (Wildman–Crippen LogP) is 3.51. The van der Waals surface area contributed by atoms with Crippen LogP contribution in [0.15, 0.2) is 77.7 Å². The van der Waals surface area contributed by atoms with Gasteiger partial charge in [0.25, 0.3) is 5.91 Å². The lowest BCUT2D eigenvalue weighted by molar-refractivity contribution is 0.0989. The second kappa shape index (κ2) is 7.77. The number of fused-ring (bicyclic) bond motifs is 1. The molecule has 5 nitrogen and oxygen atoms in total. The number of hydrogen-bond acceptors (Lipinski definition) is 3. The Morgan fingerprint density at radius 2 is 1.72 bits per heavy atom. The van der Waals surface area contributed by atoms with Crippen LogP contribution in [0.1, 0.15) is 21.5 Å². The van der Waals surface area contributed by atoms with Crippen molar-refractivity contribution in [2.45, 2.75) is 17.9 Å². The molecule has 0 aromatic heterocycles. The summed E-state index contributed by atoms with van der Waals surface area (Å²) in [5.74, 6) is -0.536. The molecule has 0 bridgehead atoms. The van der Waals surface area contributed by atoms with Gasteiger partial charge in [-0.15, -0.1) is 0 Å². The highest BCUT2D eigenvalue weighted by Crippen LogP contribution is 2.30. The molecule has 7 heteroatoms. The zero-order valence-corrected chi connectivity index (χ0v) is 16.3. The van der Waals surface area contributed by atoms with Crippen LogP contribution in [0.2, 0.25) is 0 Å². The number of nitrogens with one attached hydrogen (secondary N) is 1. The minimum Gasteiger partial charge on any atom is -0.308 e. The summed E-state index contributed by atoms with van der Waals surface area (Å²) in [6.07, 6.45) is 0.715. The third kappa shape index (κ3) is 4.06. The summed E-state index contributed by atoms with van der Waals surface area (Å²) >= 11 is 0. The first-order valence-electron chi connectivity index (χ1n) is 9.18. The first kappa shape index (κ1) is 19.3. The van der Waals surface area contributed by atoms with Gasteiger partial charge in [-0.05, 0) is 60.0 Å². The summed E-state index contributed by atoms with van der Waals surface area (Å²) in [6.45, 7) is 0.702. The quantitative estimate of drug-likeness (QED) is 0.700. The molecule has 3 aromatic rings. The molecular formula is C22H19FN2O3S. The molecule has 1 heterocycles. The summed E-state index contributed by atoms with van der Waals surface area (Å²) in [6, 6.07) is 19.4. The summed E-state index contributed by atoms with van der Waals surface area (Å²) in [5, 5.41) is 0. The van der Waals surface area contributed by atoms with Crippen molar-refractivity contribution in [3.05, 3.63) is 95.3 Å². The lowest BCUT2D eigenvalue weighted by atomic mass is 10.1. The maximum Gasteiger partial charge on any atom is 0.258 e. The number of hydrogen-bond donors (Lipinski definition) is 1. The standard InChI is InChI=1S/C22H19FN2O3S/c23-19-7-9-20(10-8-19)29(27,28)24-15-16-6-11-21-18(14-16)12-13-25(21)22(26)17-4-2-1-3-5-17/h1-11,14,24H,12-13,15H2. The molecular weight excluding hydrogens is 391 g/mol. The number of rotatable bonds is 5.